The fraction of sp³-hybridized carbons (Fsp3) is 0. The summed E-state index contributed by atoms with van der Waals surface area (Å²) in [4.78, 5) is 15.7. The maximum Gasteiger partial charge on any atom is 0.288 e. The SMILES string of the molecule is N#Cc1c(-c2ccccc2)c(C#N)c(=O)n(NS(=O)(=O)c2ccccc2)c1-c1ccccc1. The molecule has 0 fully saturated rings. The average molecular weight is 452 g/mol. The Morgan fingerprint density at radius 1 is 0.697 bits per heavy atom. The van der Waals surface area contributed by atoms with Crippen molar-refractivity contribution in [3.05, 3.63) is 112 Å². The molecule has 1 aromatic heterocycles. The summed E-state index contributed by atoms with van der Waals surface area (Å²) in [6.07, 6.45) is 0. The van der Waals surface area contributed by atoms with Crippen LogP contribution in [0.4, 0.5) is 0 Å². The molecule has 0 aliphatic carbocycles. The number of hydrogen-bond acceptors (Lipinski definition) is 5. The zero-order valence-electron chi connectivity index (χ0n) is 17.1. The summed E-state index contributed by atoms with van der Waals surface area (Å²) >= 11 is 0. The molecule has 4 aromatic rings. The number of sulfonamides is 1. The predicted molar refractivity (Wildman–Crippen MR) is 124 cm³/mol. The maximum atomic E-state index is 13.5. The van der Waals surface area contributed by atoms with Crippen LogP contribution >= 0.6 is 0 Å². The molecular weight excluding hydrogens is 436 g/mol. The highest BCUT2D eigenvalue weighted by molar-refractivity contribution is 7.92. The molecule has 0 radical (unpaired) electrons. The van der Waals surface area contributed by atoms with Gasteiger partial charge in [-0.2, -0.15) is 18.9 Å². The van der Waals surface area contributed by atoms with Gasteiger partial charge in [-0.25, -0.2) is 9.51 Å². The molecule has 0 atom stereocenters. The lowest BCUT2D eigenvalue weighted by atomic mass is 9.93. The van der Waals surface area contributed by atoms with Crippen molar-refractivity contribution in [1.29, 1.82) is 10.5 Å². The van der Waals surface area contributed by atoms with E-state index >= 15 is 0 Å². The molecule has 33 heavy (non-hydrogen) atoms. The van der Waals surface area contributed by atoms with Crippen LogP contribution < -0.4 is 10.4 Å². The van der Waals surface area contributed by atoms with Gasteiger partial charge in [0.05, 0.1) is 16.2 Å². The number of benzene rings is 3. The molecule has 0 aliphatic rings. The summed E-state index contributed by atoms with van der Waals surface area (Å²) in [5, 5.41) is 20.0. The second-order valence-corrected chi connectivity index (χ2v) is 8.64. The van der Waals surface area contributed by atoms with Gasteiger partial charge in [-0.3, -0.25) is 4.79 Å². The van der Waals surface area contributed by atoms with Crippen LogP contribution in [0.25, 0.3) is 22.4 Å². The molecule has 7 nitrogen and oxygen atoms in total. The van der Waals surface area contributed by atoms with Crippen molar-refractivity contribution in [2.45, 2.75) is 4.90 Å². The highest BCUT2D eigenvalue weighted by Crippen LogP contribution is 2.33. The number of hydrogen-bond donors (Lipinski definition) is 1. The van der Waals surface area contributed by atoms with E-state index < -0.39 is 15.6 Å². The molecule has 0 saturated carbocycles. The van der Waals surface area contributed by atoms with Crippen molar-refractivity contribution in [2.75, 3.05) is 4.83 Å². The van der Waals surface area contributed by atoms with Crippen LogP contribution in [0, 0.1) is 22.7 Å². The predicted octanol–water partition coefficient (Wildman–Crippen LogP) is 3.86. The van der Waals surface area contributed by atoms with Crippen molar-refractivity contribution < 1.29 is 8.42 Å². The van der Waals surface area contributed by atoms with E-state index in [1.54, 1.807) is 78.9 Å². The smallest absolute Gasteiger partial charge is 0.266 e. The first-order chi connectivity index (χ1) is 16.0. The normalized spacial score (nSPS) is 10.7. The molecule has 8 heteroatoms. The lowest BCUT2D eigenvalue weighted by Gasteiger charge is -2.20. The van der Waals surface area contributed by atoms with Crippen molar-refractivity contribution in [1.82, 2.24) is 4.68 Å². The minimum absolute atomic E-state index is 0.000637. The summed E-state index contributed by atoms with van der Waals surface area (Å²) in [5.41, 5.74) is -0.0946. The first kappa shape index (κ1) is 21.6. The fourth-order valence-electron chi connectivity index (χ4n) is 3.51. The van der Waals surface area contributed by atoms with Crippen LogP contribution in [0.2, 0.25) is 0 Å². The molecule has 0 aliphatic heterocycles. The lowest BCUT2D eigenvalue weighted by Crippen LogP contribution is -2.36. The topological polar surface area (TPSA) is 116 Å². The van der Waals surface area contributed by atoms with Crippen LogP contribution in [0.1, 0.15) is 11.1 Å². The number of nitriles is 2. The van der Waals surface area contributed by atoms with Crippen LogP contribution in [0.5, 0.6) is 0 Å². The summed E-state index contributed by atoms with van der Waals surface area (Å²) in [6, 6.07) is 28.5. The third-order valence-electron chi connectivity index (χ3n) is 4.98. The van der Waals surface area contributed by atoms with Gasteiger partial charge in [-0.1, -0.05) is 78.9 Å². The molecule has 1 heterocycles. The van der Waals surface area contributed by atoms with Gasteiger partial charge in [0.25, 0.3) is 15.6 Å². The van der Waals surface area contributed by atoms with E-state index in [1.165, 1.54) is 12.1 Å². The first-order valence-corrected chi connectivity index (χ1v) is 11.3. The maximum absolute atomic E-state index is 13.5. The molecule has 3 aromatic carbocycles. The Kier molecular flexibility index (Phi) is 5.77. The summed E-state index contributed by atoms with van der Waals surface area (Å²) in [6.45, 7) is 0. The van der Waals surface area contributed by atoms with E-state index in [2.05, 4.69) is 10.9 Å². The summed E-state index contributed by atoms with van der Waals surface area (Å²) < 4.78 is 26.9. The van der Waals surface area contributed by atoms with E-state index in [0.29, 0.717) is 11.1 Å². The van der Waals surface area contributed by atoms with Crippen molar-refractivity contribution in [2.24, 2.45) is 0 Å². The van der Waals surface area contributed by atoms with Gasteiger partial charge in [-0.15, -0.1) is 0 Å². The standard InChI is InChI=1S/C25H16N4O3S/c26-16-21-23(18-10-4-1-5-11-18)22(17-27)25(30)29(24(21)19-12-6-2-7-13-19)28-33(31,32)20-14-8-3-9-15-20/h1-15,28H. The summed E-state index contributed by atoms with van der Waals surface area (Å²) in [7, 11) is -4.20. The molecule has 0 amide bonds. The van der Waals surface area contributed by atoms with Gasteiger partial charge in [0, 0.05) is 11.1 Å². The van der Waals surface area contributed by atoms with Gasteiger partial charge in [-0.05, 0) is 17.7 Å². The van der Waals surface area contributed by atoms with E-state index in [9.17, 15) is 23.7 Å². The minimum atomic E-state index is -4.20. The average Bonchev–Trinajstić information content (AvgIpc) is 2.86. The van der Waals surface area contributed by atoms with Gasteiger partial charge < -0.3 is 0 Å². The van der Waals surface area contributed by atoms with Gasteiger partial charge in [0.2, 0.25) is 0 Å². The van der Waals surface area contributed by atoms with Crippen molar-refractivity contribution >= 4 is 10.0 Å². The van der Waals surface area contributed by atoms with Crippen LogP contribution in [-0.2, 0) is 10.0 Å². The van der Waals surface area contributed by atoms with Crippen molar-refractivity contribution in [3.63, 3.8) is 0 Å². The van der Waals surface area contributed by atoms with Crippen LogP contribution in [0.15, 0.2) is 101 Å². The van der Waals surface area contributed by atoms with E-state index in [-0.39, 0.29) is 27.3 Å². The number of nitrogens with zero attached hydrogens (tertiary/aromatic N) is 3. The number of aromatic nitrogens is 1. The van der Waals surface area contributed by atoms with Crippen LogP contribution in [-0.4, -0.2) is 13.1 Å². The van der Waals surface area contributed by atoms with Crippen LogP contribution in [0.3, 0.4) is 0 Å². The number of nitrogens with one attached hydrogen (secondary N) is 1. The molecule has 160 valence electrons. The second kappa shape index (κ2) is 8.83. The van der Waals surface area contributed by atoms with E-state index in [0.717, 1.165) is 4.68 Å². The summed E-state index contributed by atoms with van der Waals surface area (Å²) in [5.74, 6) is 0. The largest absolute Gasteiger partial charge is 0.288 e. The molecule has 0 bridgehead atoms. The van der Waals surface area contributed by atoms with Gasteiger partial charge in [0.15, 0.2) is 0 Å². The Hall–Kier alpha value is -4.66. The Morgan fingerprint density at radius 2 is 1.18 bits per heavy atom. The van der Waals surface area contributed by atoms with Crippen molar-refractivity contribution in [3.8, 4) is 34.5 Å². The van der Waals surface area contributed by atoms with E-state index in [1.807, 2.05) is 6.07 Å². The first-order valence-electron chi connectivity index (χ1n) is 9.80. The third-order valence-corrected chi connectivity index (χ3v) is 6.29. The van der Waals surface area contributed by atoms with E-state index in [4.69, 9.17) is 0 Å². The molecular formula is C25H16N4O3S. The Morgan fingerprint density at radius 3 is 1.70 bits per heavy atom. The quantitative estimate of drug-likeness (QED) is 0.494. The van der Waals surface area contributed by atoms with Gasteiger partial charge in [0.1, 0.15) is 17.7 Å². The fourth-order valence-corrected chi connectivity index (χ4v) is 4.55. The number of pyridine rings is 1. The number of rotatable bonds is 5. The Labute approximate surface area is 190 Å². The minimum Gasteiger partial charge on any atom is -0.266 e. The monoisotopic (exact) mass is 452 g/mol. The Bertz CT molecular complexity index is 1570. The molecule has 1 N–H and O–H groups in total. The Balaban J connectivity index is 2.11. The second-order valence-electron chi connectivity index (χ2n) is 6.98. The highest BCUT2D eigenvalue weighted by Gasteiger charge is 2.26. The zero-order chi connectivity index (χ0) is 23.4. The lowest BCUT2D eigenvalue weighted by molar-refractivity contribution is 0.594. The molecule has 0 unspecified atom stereocenters. The third kappa shape index (κ3) is 3.99. The molecule has 4 rings (SSSR count). The zero-order valence-corrected chi connectivity index (χ0v) is 18.0. The highest BCUT2D eigenvalue weighted by atomic mass is 32.2. The van der Waals surface area contributed by atoms with Gasteiger partial charge >= 0.3 is 0 Å². The molecule has 0 spiro atoms. The molecule has 0 saturated heterocycles.